The number of nitrogens with one attached hydrogen (secondary N) is 2. The first-order valence-electron chi connectivity index (χ1n) is 8.37. The number of halogens is 3. The summed E-state index contributed by atoms with van der Waals surface area (Å²) in [5.41, 5.74) is 1.51. The van der Waals surface area contributed by atoms with Crippen LogP contribution in [0.3, 0.4) is 0 Å². The average Bonchev–Trinajstić information content (AvgIpc) is 2.63. The van der Waals surface area contributed by atoms with Gasteiger partial charge in [0, 0.05) is 42.1 Å². The van der Waals surface area contributed by atoms with E-state index in [1.807, 2.05) is 19.1 Å². The van der Waals surface area contributed by atoms with E-state index in [4.69, 9.17) is 11.6 Å². The van der Waals surface area contributed by atoms with Gasteiger partial charge in [-0.05, 0) is 42.9 Å². The van der Waals surface area contributed by atoms with Crippen LogP contribution < -0.4 is 10.6 Å². The minimum absolute atomic E-state index is 0. The maximum absolute atomic E-state index is 12.7. The number of nitrogens with zero attached hydrogens (tertiary/aromatic N) is 2. The number of carbonyl (C=O) groups is 2. The number of carbonyl (C=O) groups excluding carboxylic acids is 2. The third-order valence-corrected chi connectivity index (χ3v) is 4.05. The molecule has 1 aromatic carbocycles. The zero-order chi connectivity index (χ0) is 18.9. The van der Waals surface area contributed by atoms with E-state index in [1.54, 1.807) is 48.6 Å². The topological polar surface area (TPSA) is 74.3 Å². The lowest BCUT2D eigenvalue weighted by molar-refractivity contribution is -0.138. The molecule has 0 aliphatic carbocycles. The molecular formula is C19H25Cl3N4O2. The van der Waals surface area contributed by atoms with Gasteiger partial charge in [0.05, 0.1) is 0 Å². The largest absolute Gasteiger partial charge is 0.329 e. The molecule has 28 heavy (non-hydrogen) atoms. The van der Waals surface area contributed by atoms with E-state index in [0.29, 0.717) is 23.8 Å². The second kappa shape index (κ2) is 13.3. The fourth-order valence-electron chi connectivity index (χ4n) is 2.54. The Morgan fingerprint density at radius 1 is 1.18 bits per heavy atom. The average molecular weight is 448 g/mol. The van der Waals surface area contributed by atoms with Gasteiger partial charge in [-0.15, -0.1) is 24.8 Å². The Bertz CT molecular complexity index is 730. The molecule has 2 amide bonds. The molecule has 154 valence electrons. The molecule has 1 aromatic heterocycles. The van der Waals surface area contributed by atoms with Crippen molar-refractivity contribution in [1.82, 2.24) is 15.2 Å². The molecule has 1 heterocycles. The molecule has 0 fully saturated rings. The van der Waals surface area contributed by atoms with E-state index < -0.39 is 0 Å². The maximum atomic E-state index is 12.7. The molecule has 2 aromatic rings. The van der Waals surface area contributed by atoms with E-state index in [2.05, 4.69) is 15.6 Å². The van der Waals surface area contributed by atoms with Crippen LogP contribution in [0.15, 0.2) is 48.8 Å². The number of benzene rings is 1. The van der Waals surface area contributed by atoms with Gasteiger partial charge in [0.25, 0.3) is 0 Å². The van der Waals surface area contributed by atoms with E-state index in [1.165, 1.54) is 0 Å². The van der Waals surface area contributed by atoms with Gasteiger partial charge in [0.2, 0.25) is 11.8 Å². The quantitative estimate of drug-likeness (QED) is 0.650. The monoisotopic (exact) mass is 446 g/mol. The summed E-state index contributed by atoms with van der Waals surface area (Å²) < 4.78 is 0. The first kappa shape index (κ1) is 26.1. The summed E-state index contributed by atoms with van der Waals surface area (Å²) in [5.74, 6) is -0.587. The van der Waals surface area contributed by atoms with Gasteiger partial charge in [-0.1, -0.05) is 24.6 Å². The number of pyridine rings is 1. The molecule has 2 rings (SSSR count). The highest BCUT2D eigenvalue weighted by Gasteiger charge is 2.22. The molecule has 0 aliphatic heterocycles. The second-order valence-corrected chi connectivity index (χ2v) is 6.51. The molecule has 0 saturated carbocycles. The van der Waals surface area contributed by atoms with Gasteiger partial charge in [-0.3, -0.25) is 14.6 Å². The summed E-state index contributed by atoms with van der Waals surface area (Å²) in [6, 6.07) is 10.5. The predicted octanol–water partition coefficient (Wildman–Crippen LogP) is 3.40. The predicted molar refractivity (Wildman–Crippen MR) is 117 cm³/mol. The Hall–Kier alpha value is -1.86. The van der Waals surface area contributed by atoms with Crippen molar-refractivity contribution < 1.29 is 9.59 Å². The molecule has 0 spiro atoms. The summed E-state index contributed by atoms with van der Waals surface area (Å²) in [4.78, 5) is 30.8. The Balaban J connectivity index is 0.00000364. The van der Waals surface area contributed by atoms with Gasteiger partial charge in [-0.2, -0.15) is 0 Å². The van der Waals surface area contributed by atoms with Crippen molar-refractivity contribution in [3.8, 4) is 0 Å². The third kappa shape index (κ3) is 8.44. The minimum Gasteiger partial charge on any atom is -0.329 e. The molecule has 1 atom stereocenters. The minimum atomic E-state index is -0.263. The number of hydrogen-bond donors (Lipinski definition) is 2. The van der Waals surface area contributed by atoms with Crippen LogP contribution in [0, 0.1) is 5.92 Å². The molecule has 1 unspecified atom stereocenters. The van der Waals surface area contributed by atoms with E-state index in [9.17, 15) is 9.59 Å². The fraction of sp³-hybridized carbons (Fsp3) is 0.316. The van der Waals surface area contributed by atoms with Gasteiger partial charge in [0.15, 0.2) is 0 Å². The molecule has 0 bridgehead atoms. The van der Waals surface area contributed by atoms with Crippen molar-refractivity contribution >= 4 is 53.9 Å². The van der Waals surface area contributed by atoms with Crippen LogP contribution in [0.25, 0.3) is 0 Å². The second-order valence-electron chi connectivity index (χ2n) is 6.07. The van der Waals surface area contributed by atoms with E-state index in [-0.39, 0.29) is 49.1 Å². The van der Waals surface area contributed by atoms with E-state index in [0.717, 1.165) is 5.56 Å². The third-order valence-electron chi connectivity index (χ3n) is 3.80. The maximum Gasteiger partial charge on any atom is 0.244 e. The van der Waals surface area contributed by atoms with E-state index >= 15 is 0 Å². The number of rotatable bonds is 8. The zero-order valence-electron chi connectivity index (χ0n) is 15.7. The number of aromatic nitrogens is 1. The van der Waals surface area contributed by atoms with Crippen LogP contribution in [0.1, 0.15) is 12.5 Å². The first-order chi connectivity index (χ1) is 12.5. The molecule has 0 aliphatic rings. The van der Waals surface area contributed by atoms with Crippen LogP contribution >= 0.6 is 36.4 Å². The van der Waals surface area contributed by atoms with Gasteiger partial charge < -0.3 is 15.5 Å². The lowest BCUT2D eigenvalue weighted by atomic mass is 10.1. The van der Waals surface area contributed by atoms with Gasteiger partial charge >= 0.3 is 0 Å². The number of amides is 2. The smallest absolute Gasteiger partial charge is 0.244 e. The molecule has 0 radical (unpaired) electrons. The Labute approximate surface area is 182 Å². The summed E-state index contributed by atoms with van der Waals surface area (Å²) in [5, 5.41) is 6.38. The molecule has 6 nitrogen and oxygen atoms in total. The zero-order valence-corrected chi connectivity index (χ0v) is 18.1. The lowest BCUT2D eigenvalue weighted by Crippen LogP contribution is -2.42. The Kier molecular flexibility index (Phi) is 12.5. The first-order valence-corrected chi connectivity index (χ1v) is 8.75. The van der Waals surface area contributed by atoms with Crippen molar-refractivity contribution in [2.75, 3.05) is 25.5 Å². The summed E-state index contributed by atoms with van der Waals surface area (Å²) in [7, 11) is 1.79. The van der Waals surface area contributed by atoms with Crippen LogP contribution in [-0.4, -0.2) is 41.8 Å². The lowest BCUT2D eigenvalue weighted by Gasteiger charge is -2.25. The normalized spacial score (nSPS) is 10.8. The SMILES string of the molecule is CNCC(C)C(=O)N(CC(=O)Nc1ccc(Cl)cc1)Cc1cccnc1.Cl.Cl. The van der Waals surface area contributed by atoms with Crippen molar-refractivity contribution in [2.45, 2.75) is 13.5 Å². The Morgan fingerprint density at radius 2 is 1.86 bits per heavy atom. The summed E-state index contributed by atoms with van der Waals surface area (Å²) in [6.45, 7) is 2.67. The highest BCUT2D eigenvalue weighted by atomic mass is 35.5. The van der Waals surface area contributed by atoms with Gasteiger partial charge in [-0.25, -0.2) is 0 Å². The van der Waals surface area contributed by atoms with Crippen molar-refractivity contribution in [2.24, 2.45) is 5.92 Å². The number of anilines is 1. The summed E-state index contributed by atoms with van der Waals surface area (Å²) in [6.07, 6.45) is 3.37. The standard InChI is InChI=1S/C19H23ClN4O2.2ClH/c1-14(10-21-2)19(26)24(12-15-4-3-9-22-11-15)13-18(25)23-17-7-5-16(20)6-8-17;;/h3-9,11,14,21H,10,12-13H2,1-2H3,(H,23,25);2*1H. The highest BCUT2D eigenvalue weighted by Crippen LogP contribution is 2.14. The van der Waals surface area contributed by atoms with Crippen molar-refractivity contribution in [3.63, 3.8) is 0 Å². The molecule has 0 saturated heterocycles. The van der Waals surface area contributed by atoms with Crippen molar-refractivity contribution in [1.29, 1.82) is 0 Å². The van der Waals surface area contributed by atoms with Gasteiger partial charge in [0.1, 0.15) is 6.54 Å². The van der Waals surface area contributed by atoms with Crippen LogP contribution in [0.5, 0.6) is 0 Å². The molecule has 2 N–H and O–H groups in total. The summed E-state index contributed by atoms with van der Waals surface area (Å²) >= 11 is 5.85. The Morgan fingerprint density at radius 3 is 2.43 bits per heavy atom. The highest BCUT2D eigenvalue weighted by molar-refractivity contribution is 6.30. The van der Waals surface area contributed by atoms with Crippen LogP contribution in [-0.2, 0) is 16.1 Å². The van der Waals surface area contributed by atoms with Crippen LogP contribution in [0.4, 0.5) is 5.69 Å². The van der Waals surface area contributed by atoms with Crippen LogP contribution in [0.2, 0.25) is 5.02 Å². The fourth-order valence-corrected chi connectivity index (χ4v) is 2.66. The molecular weight excluding hydrogens is 423 g/mol. The number of hydrogen-bond acceptors (Lipinski definition) is 4. The van der Waals surface area contributed by atoms with Crippen molar-refractivity contribution in [3.05, 3.63) is 59.4 Å². The molecule has 9 heteroatoms.